The average Bonchev–Trinajstić information content (AvgIpc) is 3.21. The van der Waals surface area contributed by atoms with E-state index in [1.54, 1.807) is 18.4 Å². The van der Waals surface area contributed by atoms with Crippen LogP contribution in [-0.4, -0.2) is 48.4 Å². The van der Waals surface area contributed by atoms with E-state index in [1.807, 2.05) is 18.2 Å². The molecule has 158 valence electrons. The third-order valence-electron chi connectivity index (χ3n) is 4.97. The molecular weight excluding hydrogens is 497 g/mol. The number of guanidine groups is 1. The second-order valence-corrected chi connectivity index (χ2v) is 7.85. The summed E-state index contributed by atoms with van der Waals surface area (Å²) in [6.07, 6.45) is 2.67. The second-order valence-electron chi connectivity index (χ2n) is 6.99. The van der Waals surface area contributed by atoms with E-state index in [4.69, 9.17) is 9.98 Å². The molecule has 0 saturated carbocycles. The van der Waals surface area contributed by atoms with Crippen molar-refractivity contribution in [1.29, 1.82) is 0 Å². The number of likely N-dealkylation sites (tertiary alicyclic amines) is 1. The number of carbonyl (C=O) groups is 1. The summed E-state index contributed by atoms with van der Waals surface area (Å²) in [6, 6.07) is 10.2. The first-order valence-electron chi connectivity index (χ1n) is 9.93. The Kier molecular flexibility index (Phi) is 9.86. The number of halogens is 1. The van der Waals surface area contributed by atoms with Crippen molar-refractivity contribution in [3.05, 3.63) is 41.4 Å². The second kappa shape index (κ2) is 12.1. The van der Waals surface area contributed by atoms with Crippen LogP contribution in [-0.2, 0) is 11.3 Å². The molecule has 1 aliphatic heterocycles. The predicted octanol–water partition coefficient (Wildman–Crippen LogP) is 3.74. The third kappa shape index (κ3) is 6.95. The molecule has 1 aliphatic rings. The molecular formula is C21H30IN5OS. The molecule has 1 saturated heterocycles. The molecule has 0 aliphatic carbocycles. The van der Waals surface area contributed by atoms with E-state index < -0.39 is 0 Å². The molecule has 2 N–H and O–H groups in total. The molecule has 3 rings (SSSR count). The summed E-state index contributed by atoms with van der Waals surface area (Å²) in [5.41, 5.74) is 2.14. The van der Waals surface area contributed by atoms with E-state index in [0.29, 0.717) is 18.9 Å². The quantitative estimate of drug-likeness (QED) is 0.341. The smallest absolute Gasteiger partial charge is 0.220 e. The Morgan fingerprint density at radius 1 is 1.28 bits per heavy atom. The molecule has 2 aromatic rings. The maximum absolute atomic E-state index is 11.6. The van der Waals surface area contributed by atoms with Gasteiger partial charge in [-0.1, -0.05) is 30.3 Å². The summed E-state index contributed by atoms with van der Waals surface area (Å²) in [7, 11) is 1.70. The number of nitrogens with zero attached hydrogens (tertiary/aromatic N) is 3. The van der Waals surface area contributed by atoms with E-state index in [9.17, 15) is 4.79 Å². The minimum absolute atomic E-state index is 0. The van der Waals surface area contributed by atoms with Crippen LogP contribution in [0.5, 0.6) is 0 Å². The number of nitrogens with one attached hydrogen (secondary N) is 2. The van der Waals surface area contributed by atoms with Gasteiger partial charge >= 0.3 is 0 Å². The molecule has 8 heteroatoms. The molecule has 0 atom stereocenters. The Labute approximate surface area is 194 Å². The minimum atomic E-state index is 0. The van der Waals surface area contributed by atoms with Crippen LogP contribution < -0.4 is 10.6 Å². The van der Waals surface area contributed by atoms with Crippen LogP contribution in [0, 0.1) is 5.92 Å². The lowest BCUT2D eigenvalue weighted by atomic mass is 9.93. The SMILES string of the molecule is CCNC(=NCc1csc(-c2ccccc2)n1)N1CCC(CC(=O)NC)CC1.I. The van der Waals surface area contributed by atoms with Crippen molar-refractivity contribution in [2.24, 2.45) is 10.9 Å². The summed E-state index contributed by atoms with van der Waals surface area (Å²) in [4.78, 5) is 23.4. The van der Waals surface area contributed by atoms with Crippen LogP contribution in [0.25, 0.3) is 10.6 Å². The van der Waals surface area contributed by atoms with Gasteiger partial charge in [-0.15, -0.1) is 35.3 Å². The lowest BCUT2D eigenvalue weighted by Crippen LogP contribution is -2.46. The maximum Gasteiger partial charge on any atom is 0.220 e. The third-order valence-corrected chi connectivity index (χ3v) is 5.91. The molecule has 29 heavy (non-hydrogen) atoms. The van der Waals surface area contributed by atoms with E-state index >= 15 is 0 Å². The first kappa shape index (κ1) is 23.6. The van der Waals surface area contributed by atoms with Crippen LogP contribution in [0.2, 0.25) is 0 Å². The summed E-state index contributed by atoms with van der Waals surface area (Å²) in [6.45, 7) is 5.36. The Morgan fingerprint density at radius 3 is 2.66 bits per heavy atom. The van der Waals surface area contributed by atoms with Gasteiger partial charge in [0.1, 0.15) is 5.01 Å². The van der Waals surface area contributed by atoms with Crippen molar-refractivity contribution < 1.29 is 4.79 Å². The molecule has 0 radical (unpaired) electrons. The Bertz CT molecular complexity index is 787. The molecule has 2 heterocycles. The number of aromatic nitrogens is 1. The summed E-state index contributed by atoms with van der Waals surface area (Å²) < 4.78 is 0. The fourth-order valence-electron chi connectivity index (χ4n) is 3.39. The van der Waals surface area contributed by atoms with Crippen molar-refractivity contribution in [3.63, 3.8) is 0 Å². The number of carbonyl (C=O) groups excluding carboxylic acids is 1. The Balaban J connectivity index is 0.00000300. The number of hydrogen-bond acceptors (Lipinski definition) is 4. The zero-order valence-electron chi connectivity index (χ0n) is 17.1. The van der Waals surface area contributed by atoms with Gasteiger partial charge < -0.3 is 15.5 Å². The number of piperidine rings is 1. The normalized spacial score (nSPS) is 15.0. The maximum atomic E-state index is 11.6. The van der Waals surface area contributed by atoms with Crippen LogP contribution in [0.1, 0.15) is 31.9 Å². The van der Waals surface area contributed by atoms with Gasteiger partial charge in [0.15, 0.2) is 5.96 Å². The van der Waals surface area contributed by atoms with E-state index in [-0.39, 0.29) is 29.9 Å². The van der Waals surface area contributed by atoms with Crippen LogP contribution in [0.4, 0.5) is 0 Å². The molecule has 1 amide bonds. The van der Waals surface area contributed by atoms with Gasteiger partial charge in [0, 0.05) is 44.0 Å². The fourth-order valence-corrected chi connectivity index (χ4v) is 4.20. The van der Waals surface area contributed by atoms with E-state index in [1.165, 1.54) is 0 Å². The minimum Gasteiger partial charge on any atom is -0.359 e. The molecule has 1 aromatic carbocycles. The van der Waals surface area contributed by atoms with Gasteiger partial charge in [-0.2, -0.15) is 0 Å². The van der Waals surface area contributed by atoms with E-state index in [2.05, 4.69) is 40.0 Å². The monoisotopic (exact) mass is 527 g/mol. The zero-order chi connectivity index (χ0) is 19.8. The highest BCUT2D eigenvalue weighted by Gasteiger charge is 2.23. The highest BCUT2D eigenvalue weighted by Crippen LogP contribution is 2.24. The number of rotatable bonds is 6. The van der Waals surface area contributed by atoms with Gasteiger partial charge in [-0.25, -0.2) is 9.98 Å². The van der Waals surface area contributed by atoms with E-state index in [0.717, 1.165) is 54.7 Å². The van der Waals surface area contributed by atoms with Gasteiger partial charge in [-0.05, 0) is 25.7 Å². The highest BCUT2D eigenvalue weighted by atomic mass is 127. The first-order chi connectivity index (χ1) is 13.7. The van der Waals surface area contributed by atoms with Crippen molar-refractivity contribution in [3.8, 4) is 10.6 Å². The molecule has 6 nitrogen and oxygen atoms in total. The molecule has 0 spiro atoms. The van der Waals surface area contributed by atoms with Gasteiger partial charge in [0.2, 0.25) is 5.91 Å². The number of hydrogen-bond donors (Lipinski definition) is 2. The Hall–Kier alpha value is -1.68. The standard InChI is InChI=1S/C21H29N5OS.HI/c1-3-23-21(26-11-9-16(10-12-26)13-19(27)22-2)24-14-18-15-28-20(25-18)17-7-5-4-6-8-17;/h4-8,15-16H,3,9-14H2,1-2H3,(H,22,27)(H,23,24);1H. The fraction of sp³-hybridized carbons (Fsp3) is 0.476. The summed E-state index contributed by atoms with van der Waals surface area (Å²) in [5, 5.41) is 9.25. The van der Waals surface area contributed by atoms with Gasteiger partial charge in [0.25, 0.3) is 0 Å². The number of aliphatic imine (C=N–C) groups is 1. The van der Waals surface area contributed by atoms with Crippen LogP contribution >= 0.6 is 35.3 Å². The molecule has 1 aromatic heterocycles. The summed E-state index contributed by atoms with van der Waals surface area (Å²) >= 11 is 1.66. The highest BCUT2D eigenvalue weighted by molar-refractivity contribution is 14.0. The molecule has 1 fully saturated rings. The van der Waals surface area contributed by atoms with Crippen molar-refractivity contribution >= 4 is 47.2 Å². The van der Waals surface area contributed by atoms with Crippen molar-refractivity contribution in [2.45, 2.75) is 32.7 Å². The average molecular weight is 527 g/mol. The topological polar surface area (TPSA) is 69.6 Å². The van der Waals surface area contributed by atoms with Gasteiger partial charge in [0.05, 0.1) is 12.2 Å². The van der Waals surface area contributed by atoms with Crippen molar-refractivity contribution in [1.82, 2.24) is 20.5 Å². The van der Waals surface area contributed by atoms with Crippen molar-refractivity contribution in [2.75, 3.05) is 26.7 Å². The first-order valence-corrected chi connectivity index (χ1v) is 10.8. The van der Waals surface area contributed by atoms with Crippen LogP contribution in [0.3, 0.4) is 0 Å². The van der Waals surface area contributed by atoms with Crippen LogP contribution in [0.15, 0.2) is 40.7 Å². The zero-order valence-corrected chi connectivity index (χ0v) is 20.2. The largest absolute Gasteiger partial charge is 0.359 e. The Morgan fingerprint density at radius 2 is 2.00 bits per heavy atom. The number of benzene rings is 1. The lowest BCUT2D eigenvalue weighted by molar-refractivity contribution is -0.121. The molecule has 0 unspecified atom stereocenters. The number of amides is 1. The lowest BCUT2D eigenvalue weighted by Gasteiger charge is -2.34. The number of thiazole rings is 1. The molecule has 0 bridgehead atoms. The predicted molar refractivity (Wildman–Crippen MR) is 131 cm³/mol. The summed E-state index contributed by atoms with van der Waals surface area (Å²) in [5.74, 6) is 1.54. The van der Waals surface area contributed by atoms with Gasteiger partial charge in [-0.3, -0.25) is 4.79 Å².